The van der Waals surface area contributed by atoms with Crippen LogP contribution in [0.5, 0.6) is 5.75 Å². The summed E-state index contributed by atoms with van der Waals surface area (Å²) in [5.41, 5.74) is 2.98. The number of carbonyl (C=O) groups excluding carboxylic acids is 4. The third kappa shape index (κ3) is 3.50. The molecule has 6 N–H and O–H groups in total. The number of fused-ring (bicyclic) bond motifs is 3. The molecule has 0 heterocycles. The molecule has 40 heavy (non-hydrogen) atoms. The zero-order valence-electron chi connectivity index (χ0n) is 22.9. The smallest absolute Gasteiger partial charge is 0.230 e. The van der Waals surface area contributed by atoms with Crippen LogP contribution in [0.3, 0.4) is 0 Å². The molecule has 9 heteroatoms. The molecular weight excluding hydrogens is 514 g/mol. The predicted octanol–water partition coefficient (Wildman–Crippen LogP) is 2.05. The van der Waals surface area contributed by atoms with Crippen molar-refractivity contribution >= 4 is 23.8 Å². The molecule has 2 unspecified atom stereocenters. The van der Waals surface area contributed by atoms with Gasteiger partial charge >= 0.3 is 0 Å². The Balaban J connectivity index is 1.72. The van der Waals surface area contributed by atoms with Gasteiger partial charge in [0.1, 0.15) is 24.1 Å². The number of hydrogen-bond acceptors (Lipinski definition) is 8. The topological polar surface area (TPSA) is 175 Å². The van der Waals surface area contributed by atoms with Gasteiger partial charge in [-0.2, -0.15) is 0 Å². The van der Waals surface area contributed by atoms with Crippen molar-refractivity contribution in [2.75, 3.05) is 0 Å². The highest BCUT2D eigenvalue weighted by atomic mass is 16.4. The molecule has 3 aliphatic carbocycles. The first-order valence-corrected chi connectivity index (χ1v) is 13.5. The predicted molar refractivity (Wildman–Crippen MR) is 144 cm³/mol. The molecule has 8 atom stereocenters. The number of aromatic hydroxyl groups is 1. The SMILES string of the molecule is CC(C)[C@H]1C(O)[C@@H](C(N)=O)C(=O)[C@]2(O)C(O)[C@H]3C(=O)c4c(O)ccc(-c5ccc(C=O)cc5)c4C[C@]3(C)C[C@]12C. The largest absolute Gasteiger partial charge is 0.507 e. The van der Waals surface area contributed by atoms with Gasteiger partial charge in [-0.25, -0.2) is 0 Å². The van der Waals surface area contributed by atoms with Crippen LogP contribution in [0, 0.1) is 34.5 Å². The van der Waals surface area contributed by atoms with Crippen molar-refractivity contribution in [3.05, 3.63) is 53.1 Å². The third-order valence-corrected chi connectivity index (χ3v) is 10.0. The van der Waals surface area contributed by atoms with E-state index >= 15 is 0 Å². The maximum atomic E-state index is 14.2. The first kappa shape index (κ1) is 28.1. The number of phenolic OH excluding ortho intramolecular Hbond substituents is 1. The number of ketones is 2. The number of Topliss-reactive ketones (excluding diaryl/α,β-unsaturated/α-hetero) is 2. The fraction of sp³-hybridized carbons (Fsp3) is 0.484. The lowest BCUT2D eigenvalue weighted by atomic mass is 9.39. The first-order chi connectivity index (χ1) is 18.6. The van der Waals surface area contributed by atoms with Gasteiger partial charge in [0.05, 0.1) is 17.6 Å². The average Bonchev–Trinajstić information content (AvgIpc) is 2.86. The van der Waals surface area contributed by atoms with E-state index in [1.807, 2.05) is 6.92 Å². The minimum Gasteiger partial charge on any atom is -0.507 e. The number of nitrogens with two attached hydrogens (primary N) is 1. The zero-order chi connectivity index (χ0) is 29.5. The molecule has 0 saturated heterocycles. The van der Waals surface area contributed by atoms with Gasteiger partial charge in [0.25, 0.3) is 0 Å². The van der Waals surface area contributed by atoms with Crippen molar-refractivity contribution in [2.24, 2.45) is 40.2 Å². The summed E-state index contributed by atoms with van der Waals surface area (Å²) in [6.07, 6.45) is -2.39. The second-order valence-corrected chi connectivity index (χ2v) is 12.7. The highest BCUT2D eigenvalue weighted by molar-refractivity contribution is 6.09. The second kappa shape index (κ2) is 9.06. The van der Waals surface area contributed by atoms with E-state index in [4.69, 9.17) is 5.73 Å². The van der Waals surface area contributed by atoms with E-state index in [0.29, 0.717) is 16.7 Å². The van der Waals surface area contributed by atoms with E-state index in [1.165, 1.54) is 6.07 Å². The molecule has 0 aromatic heterocycles. The quantitative estimate of drug-likeness (QED) is 0.284. The van der Waals surface area contributed by atoms with Crippen LogP contribution in [0.1, 0.15) is 60.4 Å². The second-order valence-electron chi connectivity index (χ2n) is 12.7. The molecule has 2 aromatic rings. The number of rotatable bonds is 4. The Bertz CT molecular complexity index is 1430. The summed E-state index contributed by atoms with van der Waals surface area (Å²) in [4.78, 5) is 51.4. The Morgan fingerprint density at radius 1 is 1.07 bits per heavy atom. The van der Waals surface area contributed by atoms with Crippen LogP contribution in [0.15, 0.2) is 36.4 Å². The van der Waals surface area contributed by atoms with Gasteiger partial charge in [-0.3, -0.25) is 19.2 Å². The third-order valence-electron chi connectivity index (χ3n) is 10.0. The highest BCUT2D eigenvalue weighted by Crippen LogP contribution is 2.66. The Morgan fingerprint density at radius 2 is 1.70 bits per heavy atom. The molecule has 0 aliphatic heterocycles. The van der Waals surface area contributed by atoms with Crippen molar-refractivity contribution in [1.29, 1.82) is 0 Å². The molecule has 1 amide bonds. The Kier molecular flexibility index (Phi) is 6.37. The molecule has 0 spiro atoms. The van der Waals surface area contributed by atoms with Crippen LogP contribution in [0.2, 0.25) is 0 Å². The van der Waals surface area contributed by atoms with Crippen molar-refractivity contribution < 1.29 is 39.6 Å². The lowest BCUT2D eigenvalue weighted by Crippen LogP contribution is -2.79. The molecule has 2 saturated carbocycles. The fourth-order valence-corrected chi connectivity index (χ4v) is 8.54. The Labute approximate surface area is 232 Å². The van der Waals surface area contributed by atoms with Crippen LogP contribution in [-0.2, 0) is 16.0 Å². The Hall–Kier alpha value is -3.40. The van der Waals surface area contributed by atoms with E-state index < -0.39 is 63.9 Å². The van der Waals surface area contributed by atoms with Crippen molar-refractivity contribution in [2.45, 2.75) is 58.3 Å². The number of amides is 1. The van der Waals surface area contributed by atoms with E-state index in [-0.39, 0.29) is 30.1 Å². The lowest BCUT2D eigenvalue weighted by molar-refractivity contribution is -0.265. The van der Waals surface area contributed by atoms with Gasteiger partial charge in [-0.15, -0.1) is 0 Å². The number of primary amides is 1. The summed E-state index contributed by atoms with van der Waals surface area (Å²) in [6, 6.07) is 9.89. The highest BCUT2D eigenvalue weighted by Gasteiger charge is 2.75. The van der Waals surface area contributed by atoms with E-state index in [9.17, 15) is 39.6 Å². The molecule has 0 bridgehead atoms. The van der Waals surface area contributed by atoms with Gasteiger partial charge < -0.3 is 26.2 Å². The van der Waals surface area contributed by atoms with Gasteiger partial charge in [0, 0.05) is 11.0 Å². The minimum atomic E-state index is -2.55. The number of hydrogen-bond donors (Lipinski definition) is 5. The summed E-state index contributed by atoms with van der Waals surface area (Å²) >= 11 is 0. The van der Waals surface area contributed by atoms with Gasteiger partial charge in [0.15, 0.2) is 17.2 Å². The zero-order valence-corrected chi connectivity index (χ0v) is 22.9. The molecule has 9 nitrogen and oxygen atoms in total. The first-order valence-electron chi connectivity index (χ1n) is 13.5. The molecule has 0 radical (unpaired) electrons. The maximum Gasteiger partial charge on any atom is 0.230 e. The summed E-state index contributed by atoms with van der Waals surface area (Å²) < 4.78 is 0. The van der Waals surface area contributed by atoms with E-state index in [2.05, 4.69) is 0 Å². The maximum absolute atomic E-state index is 14.2. The molecule has 212 valence electrons. The molecule has 2 fully saturated rings. The molecule has 3 aliphatic rings. The number of phenols is 1. The minimum absolute atomic E-state index is 0.000783. The number of benzene rings is 2. The van der Waals surface area contributed by atoms with Crippen LogP contribution in [0.4, 0.5) is 0 Å². The van der Waals surface area contributed by atoms with Crippen molar-refractivity contribution in [1.82, 2.24) is 0 Å². The summed E-state index contributed by atoms with van der Waals surface area (Å²) in [6.45, 7) is 7.04. The van der Waals surface area contributed by atoms with E-state index in [1.54, 1.807) is 51.1 Å². The normalized spacial score (nSPS) is 37.0. The number of aliphatic hydroxyl groups excluding tert-OH is 2. The van der Waals surface area contributed by atoms with Crippen molar-refractivity contribution in [3.8, 4) is 16.9 Å². The number of aliphatic hydroxyl groups is 3. The lowest BCUT2D eigenvalue weighted by Gasteiger charge is -2.66. The van der Waals surface area contributed by atoms with Gasteiger partial charge in [0.2, 0.25) is 5.91 Å². The summed E-state index contributed by atoms with van der Waals surface area (Å²) in [5.74, 6) is -7.26. The molecule has 2 aromatic carbocycles. The van der Waals surface area contributed by atoms with Crippen molar-refractivity contribution in [3.63, 3.8) is 0 Å². The molecule has 5 rings (SSSR count). The standard InChI is InChI=1S/C31H35NO8/c1-14(2)22-25(36)21(28(32)39)26(37)31(40)27(38)23-24(35)20-18(11-29(23,3)13-30(22,31)4)17(9-10-19(20)34)16-7-5-15(12-33)6-8-16/h5-10,12,14,21-23,25,27,34,36,38,40H,11,13H2,1-4H3,(H2,32,39)/t21-,22+,23-,25?,27?,29-,30-,31+/m1/s1. The average molecular weight is 550 g/mol. The summed E-state index contributed by atoms with van der Waals surface area (Å²) in [7, 11) is 0. The van der Waals surface area contributed by atoms with E-state index in [0.717, 1.165) is 11.8 Å². The monoisotopic (exact) mass is 549 g/mol. The van der Waals surface area contributed by atoms with Gasteiger partial charge in [-0.05, 0) is 52.8 Å². The summed E-state index contributed by atoms with van der Waals surface area (Å²) in [5, 5.41) is 46.1. The van der Waals surface area contributed by atoms with Crippen LogP contribution < -0.4 is 5.73 Å². The van der Waals surface area contributed by atoms with Crippen LogP contribution >= 0.6 is 0 Å². The number of carbonyl (C=O) groups is 4. The fourth-order valence-electron chi connectivity index (χ4n) is 8.54. The Morgan fingerprint density at radius 3 is 2.25 bits per heavy atom. The van der Waals surface area contributed by atoms with Gasteiger partial charge in [-0.1, -0.05) is 58.0 Å². The molecular formula is C31H35NO8. The van der Waals surface area contributed by atoms with Crippen LogP contribution in [-0.4, -0.2) is 62.0 Å². The number of aldehydes is 1. The van der Waals surface area contributed by atoms with Crippen LogP contribution in [0.25, 0.3) is 11.1 Å².